The van der Waals surface area contributed by atoms with Crippen LogP contribution < -0.4 is 21.3 Å². The number of hydrogen-bond acceptors (Lipinski definition) is 38. The first kappa shape index (κ1) is 109. The van der Waals surface area contributed by atoms with Gasteiger partial charge in [-0.3, -0.25) is 46.5 Å². The van der Waals surface area contributed by atoms with E-state index >= 15 is 8.78 Å². The summed E-state index contributed by atoms with van der Waals surface area (Å²) in [6.45, 7) is 25.5. The molecule has 46 nitrogen and oxygen atoms in total. The molecule has 4 amide bonds. The van der Waals surface area contributed by atoms with E-state index < -0.39 is 189 Å². The van der Waals surface area contributed by atoms with Gasteiger partial charge in [-0.2, -0.15) is 10.5 Å². The number of nitrogens with one attached hydrogen (secondary N) is 4. The third kappa shape index (κ3) is 24.6. The molecule has 14 heterocycles. The van der Waals surface area contributed by atoms with Gasteiger partial charge in [-0.1, -0.05) is 114 Å². The number of carbonyl (C=O) groups is 4. The van der Waals surface area contributed by atoms with E-state index in [0.29, 0.717) is 27.9 Å². The Morgan fingerprint density at radius 3 is 1.17 bits per heavy atom. The van der Waals surface area contributed by atoms with Gasteiger partial charge in [0, 0.05) is 22.3 Å². The Hall–Kier alpha value is -11.3. The minimum atomic E-state index is -3.99. The third-order valence-corrected chi connectivity index (χ3v) is 41.3. The fraction of sp³-hybridized carbons (Fsp3) is 0.435. The van der Waals surface area contributed by atoms with Crippen LogP contribution in [0.25, 0.3) is 54.3 Å². The van der Waals surface area contributed by atoms with Gasteiger partial charge in [0.25, 0.3) is 23.6 Å². The summed E-state index contributed by atoms with van der Waals surface area (Å²) in [7, 11) is -12.6. The topological polar surface area (TPSA) is 513 Å². The number of hydrogen-bond donors (Lipinski definition) is 4. The van der Waals surface area contributed by atoms with E-state index in [-0.39, 0.29) is 138 Å². The van der Waals surface area contributed by atoms with E-state index in [1.54, 1.807) is 130 Å². The summed E-state index contributed by atoms with van der Waals surface area (Å²) in [6.07, 6.45) is -9.94. The second kappa shape index (κ2) is 46.9. The van der Waals surface area contributed by atoms with Crippen molar-refractivity contribution in [2.75, 3.05) is 87.2 Å². The van der Waals surface area contributed by atoms with Gasteiger partial charge >= 0.3 is 22.0 Å². The molecular formula is C92H105BF2N24O22P4S2Si2. The van der Waals surface area contributed by atoms with Crippen molar-refractivity contribution in [2.24, 2.45) is 0 Å². The van der Waals surface area contributed by atoms with E-state index in [1.165, 1.54) is 59.8 Å². The van der Waals surface area contributed by atoms with Gasteiger partial charge in [-0.25, -0.2) is 95.3 Å². The van der Waals surface area contributed by atoms with Crippen LogP contribution in [0.15, 0.2) is 172 Å². The lowest BCUT2D eigenvalue weighted by molar-refractivity contribution is -0.0621. The molecule has 18 rings (SSSR count). The van der Waals surface area contributed by atoms with Crippen molar-refractivity contribution in [3.63, 3.8) is 0 Å². The van der Waals surface area contributed by atoms with Gasteiger partial charge in [-0.15, -0.1) is 0 Å². The maximum Gasteiger partial charge on any atom is 0.333 e. The predicted molar refractivity (Wildman–Crippen MR) is 551 cm³/mol. The lowest BCUT2D eigenvalue weighted by Gasteiger charge is -2.41. The van der Waals surface area contributed by atoms with Gasteiger partial charge in [0.1, 0.15) is 107 Å². The Kier molecular flexibility index (Phi) is 34.3. The zero-order valence-electron chi connectivity index (χ0n) is 81.2. The smallest absolute Gasteiger partial charge is 0.333 e. The molecule has 0 saturated carbocycles. The van der Waals surface area contributed by atoms with E-state index in [2.05, 4.69) is 165 Å². The van der Waals surface area contributed by atoms with Crippen LogP contribution >= 0.6 is 29.9 Å². The summed E-state index contributed by atoms with van der Waals surface area (Å²) in [5, 5.41) is 29.5. The lowest BCUT2D eigenvalue weighted by Crippen LogP contribution is -2.49. The number of alkyl halides is 2. The number of amides is 4. The molecule has 20 atom stereocenters. The molecule has 6 aliphatic rings. The molecule has 57 heteroatoms. The molecule has 8 unspecified atom stereocenters. The Balaban J connectivity index is 0.000000203. The standard InChI is InChI=1S/C46H54BFN12O11P2SSi.C46H51FN12O11P2SSi/c1-46(2,3)75(5,6)71-37-36-31(68-45(37)60-27-56-34-39(52-25-54-41(34)60)58-43(62)29-16-11-8-12-17-29)22-65-72(47,63-20-13-18-49)69-35-30(23-66-73(74,70-36)64-21-19-50-4)67-44(32(35)48)59-26-55-33-38(51-24-53-40(33)59)57-42(61)28-14-9-7-10-15-28;1-46(2,3)74(5,6)70-37-36-30(67-45(37)59-27-55-34-39(51-25-53-41(34)59)57-43(61)29-16-11-8-12-17-29)22-63-71(62-20-13-18-48)68-35-31(23-65-72(73,69-36)64-21-19-49-4)66-44(32(35)47)58-26-54-33-38(50-24-52-40(33)58)56-42(60)28-14-9-7-10-15-28/h7-12,14-17,24-27,30-32,35-37,44-45H,13,19-23H2,1-3,5-6,47H3,(H,51,53,57,61)(H,52,54,58,62);7-12,14-17,24-27,30-32,35-37,44-45H,13,19-23H2,1-3,5-6H3,(H,50,52,56,60)(H,51,53,57,61)/t30-,31-,32+,35?,36+,37?,44-,45-,72?,73?;30-,31-,32+,35?,36+,37?,44-,45-,71?,72?/m11/s1. The number of benzene rings is 4. The Bertz CT molecular complexity index is 7110. The first-order valence-electron chi connectivity index (χ1n) is 46.6. The van der Waals surface area contributed by atoms with E-state index in [1.807, 2.05) is 6.07 Å². The number of imidazole rings is 4. The van der Waals surface area contributed by atoms with Crippen LogP contribution in [0, 0.1) is 35.8 Å². The largest absolute Gasteiger partial charge is 0.407 e. The molecule has 6 saturated heterocycles. The average molecular weight is 2190 g/mol. The van der Waals surface area contributed by atoms with Crippen LogP contribution in [0.1, 0.15) is 121 Å². The van der Waals surface area contributed by atoms with Crippen LogP contribution in [0.2, 0.25) is 36.3 Å². The third-order valence-electron chi connectivity index (χ3n) is 25.3. The Morgan fingerprint density at radius 1 is 0.483 bits per heavy atom. The number of rotatable bonds is 28. The van der Waals surface area contributed by atoms with Crippen LogP contribution in [0.3, 0.4) is 0 Å². The van der Waals surface area contributed by atoms with E-state index in [9.17, 15) is 29.7 Å². The molecule has 0 radical (unpaired) electrons. The summed E-state index contributed by atoms with van der Waals surface area (Å²) in [5.74, 6) is -1.22. The zero-order chi connectivity index (χ0) is 105. The van der Waals surface area contributed by atoms with Crippen molar-refractivity contribution >= 4 is 169 Å². The SMILES string of the molecule is [BH3-][P+]1(OCCC#N)OC[C@H]2O[C@@H](n3cnc4c(NC(=O)c5ccccc5)ncnc43)C(O[Si](C)(C)C(C)(C)C)[C@H]2OP(=S)(OCC[N+]#[C-])OC[C@H]2O[C@@H](n3cnc4c(NC(=O)c5ccccc5)ncnc43)[C@@H](F)C2O1.[C-]#[N+]CCOP1(=S)OC[C@H]2O[C@@H](n3cnc4c(NC(=O)c5ccccc5)ncnc43)[C@@H](F)C2OP(OCCC#N)OC[C@H]2O[C@@H](n3cnc4c(NC(=O)c5ccccc5)ncnc43)C(O[Si](C)(C)C(C)(C)C)[C@H]2O1. The highest BCUT2D eigenvalue weighted by Gasteiger charge is 2.61. The number of halogens is 2. The van der Waals surface area contributed by atoms with E-state index in [4.69, 9.17) is 119 Å². The second-order valence-electron chi connectivity index (χ2n) is 37.0. The molecule has 0 spiro atoms. The molecule has 4 N–H and O–H groups in total. The minimum Gasteiger partial charge on any atom is -0.407 e. The molecule has 6 aliphatic heterocycles. The molecule has 0 aliphatic carbocycles. The normalized spacial score (nSPS) is 26.9. The highest BCUT2D eigenvalue weighted by Crippen LogP contribution is 2.64. The van der Waals surface area contributed by atoms with Crippen molar-refractivity contribution in [2.45, 2.75) is 189 Å². The number of ether oxygens (including phenoxy) is 4. The molecule has 12 aromatic rings. The lowest BCUT2D eigenvalue weighted by atomic mass is 10.1. The number of anilines is 4. The van der Waals surface area contributed by atoms with Crippen LogP contribution in [0.4, 0.5) is 32.1 Å². The number of carbonyl (C=O) groups excluding carboxylic acids is 4. The van der Waals surface area contributed by atoms with Crippen molar-refractivity contribution in [1.82, 2.24) is 78.1 Å². The Labute approximate surface area is 868 Å². The fourth-order valence-corrected chi connectivity index (χ4v) is 24.9. The average Bonchev–Trinajstić information content (AvgIpc) is 1.69. The summed E-state index contributed by atoms with van der Waals surface area (Å²) < 4.78 is 160. The number of nitriles is 2. The Morgan fingerprint density at radius 2 is 0.812 bits per heavy atom. The predicted octanol–water partition coefficient (Wildman–Crippen LogP) is 14.5. The van der Waals surface area contributed by atoms with Crippen molar-refractivity contribution in [3.05, 3.63) is 217 Å². The maximum atomic E-state index is 17.5. The van der Waals surface area contributed by atoms with Crippen LogP contribution in [-0.2, 0) is 106 Å². The number of aromatic nitrogens is 16. The zero-order valence-corrected chi connectivity index (χ0v) is 88.4. The highest BCUT2D eigenvalue weighted by atomic mass is 32.5. The molecule has 149 heavy (non-hydrogen) atoms. The van der Waals surface area contributed by atoms with Crippen LogP contribution in [-0.4, -0.2) is 265 Å². The summed E-state index contributed by atoms with van der Waals surface area (Å²) >= 11 is 12.3. The molecule has 8 aromatic heterocycles. The highest BCUT2D eigenvalue weighted by molar-refractivity contribution is 8.07. The summed E-state index contributed by atoms with van der Waals surface area (Å²) in [4.78, 5) is 113. The first-order valence-corrected chi connectivity index (χ1v) is 59.7. The molecular weight excluding hydrogens is 2090 g/mol. The van der Waals surface area contributed by atoms with Crippen molar-refractivity contribution < 1.29 is 110 Å². The molecule has 6 fully saturated rings. The number of nitrogens with zero attached hydrogens (tertiary/aromatic N) is 20. The minimum absolute atomic E-state index is 0.00962. The van der Waals surface area contributed by atoms with E-state index in [0.717, 1.165) is 0 Å². The van der Waals surface area contributed by atoms with Gasteiger partial charge in [0.05, 0.1) is 76.7 Å². The fourth-order valence-electron chi connectivity index (χ4n) is 15.8. The monoisotopic (exact) mass is 2190 g/mol. The van der Waals surface area contributed by atoms with Gasteiger partial charge in [0.15, 0.2) is 128 Å². The van der Waals surface area contributed by atoms with Gasteiger partial charge < -0.3 is 90.4 Å². The molecule has 4 aromatic carbocycles. The summed E-state index contributed by atoms with van der Waals surface area (Å²) in [5.41, 5.74) is 3.28. The van der Waals surface area contributed by atoms with Gasteiger partial charge in [0.2, 0.25) is 28.5 Å². The summed E-state index contributed by atoms with van der Waals surface area (Å²) in [6, 6.07) is 38.5. The van der Waals surface area contributed by atoms with Crippen molar-refractivity contribution in [3.8, 4) is 12.1 Å². The first-order chi connectivity index (χ1) is 71.5. The second-order valence-corrected chi connectivity index (χ2v) is 54.8. The number of fused-ring (bicyclic) bond motifs is 8. The quantitative estimate of drug-likeness (QED) is 0.0153. The van der Waals surface area contributed by atoms with Gasteiger partial charge in [-0.05, 0) is 108 Å². The molecule has 782 valence electrons. The van der Waals surface area contributed by atoms with Crippen molar-refractivity contribution in [1.29, 1.82) is 10.5 Å². The maximum absolute atomic E-state index is 17.5. The molecule has 0 bridgehead atoms. The van der Waals surface area contributed by atoms with Crippen LogP contribution in [0.5, 0.6) is 0 Å².